The number of ether oxygens (including phenoxy) is 1. The van der Waals surface area contributed by atoms with Gasteiger partial charge in [0.05, 0.1) is 6.04 Å². The van der Waals surface area contributed by atoms with Crippen LogP contribution in [0.15, 0.2) is 18.2 Å². The molecule has 2 aliphatic rings. The van der Waals surface area contributed by atoms with E-state index < -0.39 is 0 Å². The average molecular weight is 334 g/mol. The molecule has 2 heterocycles. The number of piperidine rings is 1. The third kappa shape index (κ3) is 3.72. The summed E-state index contributed by atoms with van der Waals surface area (Å²) in [6.07, 6.45) is 4.33. The summed E-state index contributed by atoms with van der Waals surface area (Å²) < 4.78 is 19.2. The molecule has 132 valence electrons. The van der Waals surface area contributed by atoms with Gasteiger partial charge in [0.1, 0.15) is 5.82 Å². The van der Waals surface area contributed by atoms with Crippen LogP contribution in [0.4, 0.5) is 9.18 Å². The Morgan fingerprint density at radius 2 is 1.92 bits per heavy atom. The Morgan fingerprint density at radius 3 is 2.54 bits per heavy atom. The second-order valence-electron chi connectivity index (χ2n) is 7.28. The number of benzene rings is 1. The average Bonchev–Trinajstić information content (AvgIpc) is 2.58. The van der Waals surface area contributed by atoms with Gasteiger partial charge in [-0.15, -0.1) is 0 Å². The predicted octanol–water partition coefficient (Wildman–Crippen LogP) is 3.80. The van der Waals surface area contributed by atoms with Crippen LogP contribution in [-0.2, 0) is 4.74 Å². The van der Waals surface area contributed by atoms with E-state index in [1.165, 1.54) is 6.07 Å². The van der Waals surface area contributed by atoms with Crippen molar-refractivity contribution in [2.75, 3.05) is 26.3 Å². The maximum absolute atomic E-state index is 13.7. The highest BCUT2D eigenvalue weighted by molar-refractivity contribution is 5.74. The van der Waals surface area contributed by atoms with Crippen LogP contribution in [0, 0.1) is 18.2 Å². The molecule has 1 N–H and O–H groups in total. The monoisotopic (exact) mass is 334 g/mol. The van der Waals surface area contributed by atoms with Crippen LogP contribution >= 0.6 is 0 Å². The first-order valence-electron chi connectivity index (χ1n) is 8.88. The third-order valence-electron chi connectivity index (χ3n) is 5.70. The first kappa shape index (κ1) is 17.2. The zero-order chi connectivity index (χ0) is 17.2. The highest BCUT2D eigenvalue weighted by Crippen LogP contribution is 2.40. The van der Waals surface area contributed by atoms with Crippen LogP contribution in [0.2, 0.25) is 0 Å². The van der Waals surface area contributed by atoms with Gasteiger partial charge in [-0.25, -0.2) is 9.18 Å². The number of hydrogen-bond acceptors (Lipinski definition) is 2. The fourth-order valence-corrected chi connectivity index (χ4v) is 3.73. The molecule has 3 rings (SSSR count). The van der Waals surface area contributed by atoms with E-state index in [2.05, 4.69) is 5.32 Å². The number of amides is 2. The minimum absolute atomic E-state index is 0.0506. The van der Waals surface area contributed by atoms with Crippen molar-refractivity contribution in [2.45, 2.75) is 45.6 Å². The number of likely N-dealkylation sites (tertiary alicyclic amines) is 1. The minimum atomic E-state index is -0.229. The van der Waals surface area contributed by atoms with Gasteiger partial charge in [0.15, 0.2) is 0 Å². The summed E-state index contributed by atoms with van der Waals surface area (Å²) in [6, 6.07) is 4.88. The van der Waals surface area contributed by atoms with E-state index in [0.717, 1.165) is 57.6 Å². The lowest BCUT2D eigenvalue weighted by atomic mass is 9.72. The topological polar surface area (TPSA) is 41.6 Å². The van der Waals surface area contributed by atoms with E-state index in [-0.39, 0.29) is 17.9 Å². The van der Waals surface area contributed by atoms with E-state index in [4.69, 9.17) is 4.74 Å². The Morgan fingerprint density at radius 1 is 1.25 bits per heavy atom. The number of nitrogens with zero attached hydrogens (tertiary/aromatic N) is 1. The van der Waals surface area contributed by atoms with Gasteiger partial charge in [0.2, 0.25) is 0 Å². The second kappa shape index (κ2) is 7.09. The number of urea groups is 1. The molecule has 1 aromatic rings. The molecule has 1 spiro atoms. The Balaban J connectivity index is 1.54. The molecule has 5 heteroatoms. The van der Waals surface area contributed by atoms with Crippen LogP contribution in [0.3, 0.4) is 0 Å². The quantitative estimate of drug-likeness (QED) is 0.894. The maximum atomic E-state index is 13.7. The van der Waals surface area contributed by atoms with Crippen molar-refractivity contribution in [3.8, 4) is 0 Å². The van der Waals surface area contributed by atoms with E-state index >= 15 is 0 Å². The normalized spacial score (nSPS) is 21.5. The Hall–Kier alpha value is -1.62. The molecule has 2 fully saturated rings. The lowest BCUT2D eigenvalue weighted by molar-refractivity contribution is -0.0146. The SMILES string of the molecule is Cc1ccc([C@H](C)NC(=O)N2CCC3(CCOCC3)CC2)cc1F. The number of aryl methyl sites for hydroxylation is 1. The van der Waals surface area contributed by atoms with Gasteiger partial charge in [0.25, 0.3) is 0 Å². The lowest BCUT2D eigenvalue weighted by Crippen LogP contribution is -2.49. The zero-order valence-electron chi connectivity index (χ0n) is 14.6. The number of carbonyl (C=O) groups excluding carboxylic acids is 1. The Labute approximate surface area is 143 Å². The van der Waals surface area contributed by atoms with Crippen molar-refractivity contribution in [1.29, 1.82) is 0 Å². The molecule has 0 aliphatic carbocycles. The zero-order valence-corrected chi connectivity index (χ0v) is 14.6. The summed E-state index contributed by atoms with van der Waals surface area (Å²) in [7, 11) is 0. The van der Waals surface area contributed by atoms with Gasteiger partial charge in [-0.3, -0.25) is 0 Å². The molecule has 2 amide bonds. The smallest absolute Gasteiger partial charge is 0.317 e. The third-order valence-corrected chi connectivity index (χ3v) is 5.70. The van der Waals surface area contributed by atoms with Crippen molar-refractivity contribution < 1.29 is 13.9 Å². The van der Waals surface area contributed by atoms with Crippen LogP contribution in [0.25, 0.3) is 0 Å². The van der Waals surface area contributed by atoms with Crippen molar-refractivity contribution >= 4 is 6.03 Å². The summed E-state index contributed by atoms with van der Waals surface area (Å²) in [5, 5.41) is 3.00. The van der Waals surface area contributed by atoms with Crippen LogP contribution in [0.1, 0.15) is 49.8 Å². The Kier molecular flexibility index (Phi) is 5.09. The van der Waals surface area contributed by atoms with Gasteiger partial charge in [-0.05, 0) is 62.1 Å². The summed E-state index contributed by atoms with van der Waals surface area (Å²) in [4.78, 5) is 14.4. The van der Waals surface area contributed by atoms with E-state index in [9.17, 15) is 9.18 Å². The Bertz CT molecular complexity index is 589. The number of halogens is 1. The van der Waals surface area contributed by atoms with Gasteiger partial charge >= 0.3 is 6.03 Å². The molecule has 24 heavy (non-hydrogen) atoms. The second-order valence-corrected chi connectivity index (χ2v) is 7.28. The standard InChI is InChI=1S/C19H27FN2O2/c1-14-3-4-16(13-17(14)20)15(2)21-18(23)22-9-5-19(6-10-22)7-11-24-12-8-19/h3-4,13,15H,5-12H2,1-2H3,(H,21,23)/t15-/m0/s1. The molecule has 2 saturated heterocycles. The lowest BCUT2D eigenvalue weighted by Gasteiger charge is -2.44. The molecule has 0 bridgehead atoms. The molecule has 0 unspecified atom stereocenters. The number of carbonyl (C=O) groups is 1. The molecule has 4 nitrogen and oxygen atoms in total. The molecule has 2 aliphatic heterocycles. The molecule has 0 radical (unpaired) electrons. The summed E-state index contributed by atoms with van der Waals surface area (Å²) in [6.45, 7) is 6.92. The van der Waals surface area contributed by atoms with Crippen molar-refractivity contribution in [1.82, 2.24) is 10.2 Å². The van der Waals surface area contributed by atoms with Gasteiger partial charge in [-0.2, -0.15) is 0 Å². The molecular formula is C19H27FN2O2. The van der Waals surface area contributed by atoms with Crippen molar-refractivity contribution in [2.24, 2.45) is 5.41 Å². The molecule has 1 aromatic carbocycles. The molecule has 0 saturated carbocycles. The van der Waals surface area contributed by atoms with Gasteiger partial charge in [0, 0.05) is 26.3 Å². The highest BCUT2D eigenvalue weighted by Gasteiger charge is 2.37. The fraction of sp³-hybridized carbons (Fsp3) is 0.632. The summed E-state index contributed by atoms with van der Waals surface area (Å²) in [5.41, 5.74) is 1.79. The summed E-state index contributed by atoms with van der Waals surface area (Å²) in [5.74, 6) is -0.229. The molecule has 0 aromatic heterocycles. The fourth-order valence-electron chi connectivity index (χ4n) is 3.73. The van der Waals surface area contributed by atoms with E-state index in [1.807, 2.05) is 17.9 Å². The number of rotatable bonds is 2. The van der Waals surface area contributed by atoms with Gasteiger partial charge in [-0.1, -0.05) is 12.1 Å². The predicted molar refractivity (Wildman–Crippen MR) is 91.4 cm³/mol. The molecular weight excluding hydrogens is 307 g/mol. The van der Waals surface area contributed by atoms with Crippen LogP contribution < -0.4 is 5.32 Å². The largest absolute Gasteiger partial charge is 0.381 e. The van der Waals surface area contributed by atoms with Crippen LogP contribution in [-0.4, -0.2) is 37.2 Å². The summed E-state index contributed by atoms with van der Waals surface area (Å²) >= 11 is 0. The maximum Gasteiger partial charge on any atom is 0.317 e. The highest BCUT2D eigenvalue weighted by atomic mass is 19.1. The van der Waals surface area contributed by atoms with E-state index in [0.29, 0.717) is 11.0 Å². The van der Waals surface area contributed by atoms with Crippen molar-refractivity contribution in [3.05, 3.63) is 35.1 Å². The van der Waals surface area contributed by atoms with Crippen molar-refractivity contribution in [3.63, 3.8) is 0 Å². The van der Waals surface area contributed by atoms with E-state index in [1.54, 1.807) is 13.0 Å². The van der Waals surface area contributed by atoms with Crippen LogP contribution in [0.5, 0.6) is 0 Å². The van der Waals surface area contributed by atoms with Gasteiger partial charge < -0.3 is 15.0 Å². The number of hydrogen-bond donors (Lipinski definition) is 1. The first-order valence-corrected chi connectivity index (χ1v) is 8.88. The first-order chi connectivity index (χ1) is 11.5. The molecule has 1 atom stereocenters. The number of nitrogens with one attached hydrogen (secondary N) is 1. The minimum Gasteiger partial charge on any atom is -0.381 e.